The van der Waals surface area contributed by atoms with Crippen LogP contribution in [0.25, 0.3) is 0 Å². The van der Waals surface area contributed by atoms with Crippen molar-refractivity contribution in [2.75, 3.05) is 5.94 Å². The summed E-state index contributed by atoms with van der Waals surface area (Å²) in [6.45, 7) is 6.34. The van der Waals surface area contributed by atoms with Crippen LogP contribution in [0, 0.1) is 6.92 Å². The maximum Gasteiger partial charge on any atom is 0.0894 e. The van der Waals surface area contributed by atoms with Crippen molar-refractivity contribution in [2.24, 2.45) is 0 Å². The van der Waals surface area contributed by atoms with E-state index in [1.165, 1.54) is 11.1 Å². The predicted molar refractivity (Wildman–Crippen MR) is 58.9 cm³/mol. The summed E-state index contributed by atoms with van der Waals surface area (Å²) in [5.74, 6) is 0.168. The number of aliphatic hydroxyl groups is 1. The molecule has 1 aromatic carbocycles. The summed E-state index contributed by atoms with van der Waals surface area (Å²) in [4.78, 5) is 0. The molecule has 0 aliphatic carbocycles. The summed E-state index contributed by atoms with van der Waals surface area (Å²) in [5, 5.41) is 8.90. The lowest BCUT2D eigenvalue weighted by Gasteiger charge is -2.23. The molecule has 0 saturated carbocycles. The smallest absolute Gasteiger partial charge is 0.0894 e. The molecule has 1 N–H and O–H groups in total. The van der Waals surface area contributed by atoms with Crippen LogP contribution in [-0.2, 0) is 4.75 Å². The Morgan fingerprint density at radius 2 is 2.08 bits per heavy atom. The number of benzene rings is 1. The van der Waals surface area contributed by atoms with E-state index in [9.17, 15) is 0 Å². The van der Waals surface area contributed by atoms with Crippen LogP contribution in [0.5, 0.6) is 0 Å². The fourth-order valence-corrected chi connectivity index (χ4v) is 1.88. The van der Waals surface area contributed by atoms with Crippen molar-refractivity contribution in [3.8, 4) is 0 Å². The Bertz CT molecular complexity index is 281. The largest absolute Gasteiger partial charge is 0.386 e. The standard InChI is InChI=1S/C11H16OS/c1-9-5-4-6-10(7-9)11(2,3)13-8-12/h4-7,12H,8H2,1-3H3. The Balaban J connectivity index is 2.93. The van der Waals surface area contributed by atoms with Gasteiger partial charge in [-0.3, -0.25) is 0 Å². The first-order valence-electron chi connectivity index (χ1n) is 4.38. The normalized spacial score (nSPS) is 11.7. The Morgan fingerprint density at radius 1 is 1.38 bits per heavy atom. The highest BCUT2D eigenvalue weighted by Crippen LogP contribution is 2.34. The number of thioether (sulfide) groups is 1. The number of hydrogen-bond acceptors (Lipinski definition) is 2. The first-order valence-corrected chi connectivity index (χ1v) is 5.37. The molecule has 72 valence electrons. The third kappa shape index (κ3) is 2.75. The van der Waals surface area contributed by atoms with Crippen LogP contribution in [0.15, 0.2) is 24.3 Å². The highest BCUT2D eigenvalue weighted by Gasteiger charge is 2.20. The molecule has 13 heavy (non-hydrogen) atoms. The van der Waals surface area contributed by atoms with E-state index >= 15 is 0 Å². The van der Waals surface area contributed by atoms with Gasteiger partial charge >= 0.3 is 0 Å². The molecular formula is C11H16OS. The SMILES string of the molecule is Cc1cccc(C(C)(C)SCO)c1. The Labute approximate surface area is 84.2 Å². The van der Waals surface area contributed by atoms with Gasteiger partial charge in [0, 0.05) is 4.75 Å². The third-order valence-electron chi connectivity index (χ3n) is 2.14. The van der Waals surface area contributed by atoms with Gasteiger partial charge in [0.2, 0.25) is 0 Å². The number of aliphatic hydroxyl groups excluding tert-OH is 1. The molecule has 1 nitrogen and oxygen atoms in total. The third-order valence-corrected chi connectivity index (χ3v) is 3.23. The molecular weight excluding hydrogens is 180 g/mol. The zero-order valence-electron chi connectivity index (χ0n) is 8.37. The van der Waals surface area contributed by atoms with Gasteiger partial charge in [0.25, 0.3) is 0 Å². The van der Waals surface area contributed by atoms with Crippen molar-refractivity contribution in [3.05, 3.63) is 35.4 Å². The molecule has 0 amide bonds. The molecule has 0 aromatic heterocycles. The molecule has 0 atom stereocenters. The Morgan fingerprint density at radius 3 is 2.62 bits per heavy atom. The molecule has 0 fully saturated rings. The zero-order chi connectivity index (χ0) is 9.90. The van der Waals surface area contributed by atoms with Crippen molar-refractivity contribution in [2.45, 2.75) is 25.5 Å². The van der Waals surface area contributed by atoms with Crippen LogP contribution in [0.1, 0.15) is 25.0 Å². The Kier molecular flexibility index (Phi) is 3.40. The van der Waals surface area contributed by atoms with Crippen LogP contribution in [-0.4, -0.2) is 11.0 Å². The minimum Gasteiger partial charge on any atom is -0.386 e. The molecule has 0 aliphatic heterocycles. The van der Waals surface area contributed by atoms with Gasteiger partial charge in [-0.15, -0.1) is 11.8 Å². The monoisotopic (exact) mass is 196 g/mol. The van der Waals surface area contributed by atoms with Crippen molar-refractivity contribution in [1.29, 1.82) is 0 Å². The molecule has 0 heterocycles. The van der Waals surface area contributed by atoms with Gasteiger partial charge in [-0.2, -0.15) is 0 Å². The van der Waals surface area contributed by atoms with Gasteiger partial charge in [0.05, 0.1) is 5.94 Å². The number of rotatable bonds is 3. The van der Waals surface area contributed by atoms with Crippen LogP contribution in [0.4, 0.5) is 0 Å². The number of aryl methyl sites for hydroxylation is 1. The second-order valence-electron chi connectivity index (χ2n) is 3.65. The van der Waals surface area contributed by atoms with Crippen molar-refractivity contribution in [1.82, 2.24) is 0 Å². The lowest BCUT2D eigenvalue weighted by atomic mass is 10.0. The minimum atomic E-state index is 0.000764. The molecule has 0 spiro atoms. The van der Waals surface area contributed by atoms with Crippen LogP contribution < -0.4 is 0 Å². The minimum absolute atomic E-state index is 0.000764. The van der Waals surface area contributed by atoms with Gasteiger partial charge < -0.3 is 5.11 Å². The first-order chi connectivity index (χ1) is 6.06. The number of hydrogen-bond donors (Lipinski definition) is 1. The highest BCUT2D eigenvalue weighted by molar-refractivity contribution is 8.00. The summed E-state index contributed by atoms with van der Waals surface area (Å²) >= 11 is 1.55. The summed E-state index contributed by atoms with van der Waals surface area (Å²) in [6, 6.07) is 8.42. The maximum atomic E-state index is 8.90. The summed E-state index contributed by atoms with van der Waals surface area (Å²) in [5.41, 5.74) is 2.54. The molecule has 0 unspecified atom stereocenters. The lowest BCUT2D eigenvalue weighted by Crippen LogP contribution is -2.12. The van der Waals surface area contributed by atoms with Gasteiger partial charge in [0.1, 0.15) is 0 Å². The molecule has 0 saturated heterocycles. The highest BCUT2D eigenvalue weighted by atomic mass is 32.2. The van der Waals surface area contributed by atoms with Gasteiger partial charge in [-0.05, 0) is 26.3 Å². The van der Waals surface area contributed by atoms with E-state index in [1.54, 1.807) is 11.8 Å². The van der Waals surface area contributed by atoms with E-state index in [1.807, 2.05) is 0 Å². The quantitative estimate of drug-likeness (QED) is 0.750. The predicted octanol–water partition coefficient (Wildman–Crippen LogP) is 2.91. The van der Waals surface area contributed by atoms with Crippen molar-refractivity contribution < 1.29 is 5.11 Å². The summed E-state index contributed by atoms with van der Waals surface area (Å²) < 4.78 is 0.000764. The lowest BCUT2D eigenvalue weighted by molar-refractivity contribution is 0.373. The second-order valence-corrected chi connectivity index (χ2v) is 5.22. The van der Waals surface area contributed by atoms with E-state index in [0.29, 0.717) is 0 Å². The fraction of sp³-hybridized carbons (Fsp3) is 0.455. The average Bonchev–Trinajstić information content (AvgIpc) is 2.04. The van der Waals surface area contributed by atoms with Gasteiger partial charge in [0.15, 0.2) is 0 Å². The maximum absolute atomic E-state index is 8.90. The molecule has 2 heteroatoms. The van der Waals surface area contributed by atoms with Crippen molar-refractivity contribution >= 4 is 11.8 Å². The molecule has 0 aliphatic rings. The van der Waals surface area contributed by atoms with Crippen LogP contribution in [0.3, 0.4) is 0 Å². The summed E-state index contributed by atoms with van der Waals surface area (Å²) in [7, 11) is 0. The van der Waals surface area contributed by atoms with E-state index in [2.05, 4.69) is 45.0 Å². The zero-order valence-corrected chi connectivity index (χ0v) is 9.19. The Hall–Kier alpha value is -0.470. The van der Waals surface area contributed by atoms with Gasteiger partial charge in [-0.25, -0.2) is 0 Å². The van der Waals surface area contributed by atoms with E-state index in [0.717, 1.165) is 0 Å². The van der Waals surface area contributed by atoms with E-state index < -0.39 is 0 Å². The molecule has 1 aromatic rings. The molecule has 0 bridgehead atoms. The fourth-order valence-electron chi connectivity index (χ4n) is 1.26. The van der Waals surface area contributed by atoms with Crippen LogP contribution in [0.2, 0.25) is 0 Å². The van der Waals surface area contributed by atoms with E-state index in [-0.39, 0.29) is 10.7 Å². The summed E-state index contributed by atoms with van der Waals surface area (Å²) in [6.07, 6.45) is 0. The van der Waals surface area contributed by atoms with Crippen LogP contribution >= 0.6 is 11.8 Å². The second kappa shape index (κ2) is 4.16. The average molecular weight is 196 g/mol. The molecule has 1 rings (SSSR count). The molecule has 0 radical (unpaired) electrons. The topological polar surface area (TPSA) is 20.2 Å². The van der Waals surface area contributed by atoms with Crippen molar-refractivity contribution in [3.63, 3.8) is 0 Å². The first kappa shape index (κ1) is 10.6. The van der Waals surface area contributed by atoms with E-state index in [4.69, 9.17) is 5.11 Å². The van der Waals surface area contributed by atoms with Gasteiger partial charge in [-0.1, -0.05) is 29.8 Å².